The highest BCUT2D eigenvalue weighted by atomic mass is 32.2. The van der Waals surface area contributed by atoms with Gasteiger partial charge in [0.25, 0.3) is 0 Å². The smallest absolute Gasteiger partial charge is 0.408 e. The minimum Gasteiger partial charge on any atom is -0.445 e. The van der Waals surface area contributed by atoms with E-state index in [1.54, 1.807) is 16.7 Å². The zero-order chi connectivity index (χ0) is 17.6. The molecule has 2 amide bonds. The quantitative estimate of drug-likeness (QED) is 0.890. The number of alkyl halides is 1. The normalized spacial score (nSPS) is 26.5. The van der Waals surface area contributed by atoms with Crippen LogP contribution in [-0.2, 0) is 16.1 Å². The van der Waals surface area contributed by atoms with Crippen molar-refractivity contribution in [3.8, 4) is 0 Å². The number of carbonyl (C=O) groups excluding carboxylic acids is 2. The summed E-state index contributed by atoms with van der Waals surface area (Å²) in [5.41, 5.74) is 0.891. The van der Waals surface area contributed by atoms with Gasteiger partial charge in [0.2, 0.25) is 5.91 Å². The van der Waals surface area contributed by atoms with Gasteiger partial charge in [0.15, 0.2) is 0 Å². The molecule has 136 valence electrons. The van der Waals surface area contributed by atoms with Crippen LogP contribution in [0.25, 0.3) is 0 Å². The molecule has 2 aliphatic heterocycles. The van der Waals surface area contributed by atoms with E-state index in [0.29, 0.717) is 13.0 Å². The van der Waals surface area contributed by atoms with E-state index in [9.17, 15) is 14.0 Å². The largest absolute Gasteiger partial charge is 0.445 e. The van der Waals surface area contributed by atoms with E-state index in [0.717, 1.165) is 24.2 Å². The van der Waals surface area contributed by atoms with Crippen molar-refractivity contribution in [1.29, 1.82) is 0 Å². The molecule has 1 aromatic rings. The number of benzene rings is 1. The Kier molecular flexibility index (Phi) is 6.18. The lowest BCUT2D eigenvalue weighted by atomic mass is 9.98. The summed E-state index contributed by atoms with van der Waals surface area (Å²) in [6, 6.07) is 8.79. The Morgan fingerprint density at radius 3 is 2.84 bits per heavy atom. The van der Waals surface area contributed by atoms with Gasteiger partial charge in [-0.05, 0) is 30.6 Å². The van der Waals surface area contributed by atoms with E-state index in [2.05, 4.69) is 5.32 Å². The van der Waals surface area contributed by atoms with Gasteiger partial charge < -0.3 is 15.0 Å². The van der Waals surface area contributed by atoms with E-state index >= 15 is 0 Å². The molecular formula is C18H23FN2O3S. The molecule has 0 unspecified atom stereocenters. The standard InChI is InChI=1S/C18H23FN2O3S/c19-10-14-6-7-16-21(11-14)17(22)15(8-9-25-16)20-18(23)24-12-13-4-2-1-3-5-13/h1-5,14-16H,6-12H2,(H,20,23)/t14-,15+,16+/m1/s1. The van der Waals surface area contributed by atoms with Gasteiger partial charge in [-0.1, -0.05) is 30.3 Å². The van der Waals surface area contributed by atoms with Gasteiger partial charge in [-0.2, -0.15) is 0 Å². The third-order valence-electron chi connectivity index (χ3n) is 4.65. The van der Waals surface area contributed by atoms with Crippen molar-refractivity contribution in [1.82, 2.24) is 10.2 Å². The number of alkyl carbamates (subject to hydrolysis) is 1. The molecule has 0 radical (unpaired) electrons. The minimum atomic E-state index is -0.598. The molecule has 2 saturated heterocycles. The fourth-order valence-electron chi connectivity index (χ4n) is 3.24. The predicted octanol–water partition coefficient (Wildman–Crippen LogP) is 2.95. The Morgan fingerprint density at radius 2 is 2.08 bits per heavy atom. The maximum Gasteiger partial charge on any atom is 0.408 e. The average Bonchev–Trinajstić information content (AvgIpc) is 2.80. The number of hydrogen-bond donors (Lipinski definition) is 1. The zero-order valence-corrected chi connectivity index (χ0v) is 14.8. The number of amides is 2. The second kappa shape index (κ2) is 8.56. The Balaban J connectivity index is 1.56. The topological polar surface area (TPSA) is 58.6 Å². The number of hydrogen-bond acceptors (Lipinski definition) is 4. The molecule has 0 aromatic heterocycles. The van der Waals surface area contributed by atoms with Crippen molar-refractivity contribution in [2.45, 2.75) is 37.3 Å². The van der Waals surface area contributed by atoms with Gasteiger partial charge in [0.1, 0.15) is 12.6 Å². The van der Waals surface area contributed by atoms with Gasteiger partial charge in [-0.15, -0.1) is 11.8 Å². The third-order valence-corrected chi connectivity index (χ3v) is 5.99. The van der Waals surface area contributed by atoms with Crippen molar-refractivity contribution in [3.63, 3.8) is 0 Å². The first kappa shape index (κ1) is 18.0. The third kappa shape index (κ3) is 4.66. The molecule has 25 heavy (non-hydrogen) atoms. The van der Waals surface area contributed by atoms with E-state index in [4.69, 9.17) is 4.74 Å². The first-order valence-corrected chi connectivity index (χ1v) is 9.67. The van der Waals surface area contributed by atoms with Crippen LogP contribution >= 0.6 is 11.8 Å². The summed E-state index contributed by atoms with van der Waals surface area (Å²) in [6.45, 7) is 0.196. The van der Waals surface area contributed by atoms with Crippen molar-refractivity contribution >= 4 is 23.8 Å². The van der Waals surface area contributed by atoms with Gasteiger partial charge in [-0.25, -0.2) is 4.79 Å². The van der Waals surface area contributed by atoms with Crippen LogP contribution in [-0.4, -0.2) is 47.3 Å². The number of halogens is 1. The van der Waals surface area contributed by atoms with Crippen molar-refractivity contribution in [2.24, 2.45) is 5.92 Å². The molecule has 0 saturated carbocycles. The maximum absolute atomic E-state index is 13.0. The molecule has 5 nitrogen and oxygen atoms in total. The van der Waals surface area contributed by atoms with Crippen LogP contribution in [0.5, 0.6) is 0 Å². The number of ether oxygens (including phenoxy) is 1. The molecule has 2 heterocycles. The summed E-state index contributed by atoms with van der Waals surface area (Å²) in [4.78, 5) is 26.6. The summed E-state index contributed by atoms with van der Waals surface area (Å²) in [5.74, 6) is 0.575. The van der Waals surface area contributed by atoms with Gasteiger partial charge in [0, 0.05) is 12.5 Å². The van der Waals surface area contributed by atoms with Crippen LogP contribution < -0.4 is 5.32 Å². The first-order chi connectivity index (χ1) is 12.2. The summed E-state index contributed by atoms with van der Waals surface area (Å²) in [5, 5.41) is 2.78. The van der Waals surface area contributed by atoms with Crippen LogP contribution in [0.2, 0.25) is 0 Å². The van der Waals surface area contributed by atoms with Crippen LogP contribution in [0.3, 0.4) is 0 Å². The molecule has 1 aromatic carbocycles. The molecule has 1 N–H and O–H groups in total. The minimum absolute atomic E-state index is 0.0930. The molecule has 0 bridgehead atoms. The molecule has 0 spiro atoms. The number of nitrogens with one attached hydrogen (secondary N) is 1. The zero-order valence-electron chi connectivity index (χ0n) is 14.0. The highest BCUT2D eigenvalue weighted by Gasteiger charge is 2.38. The monoisotopic (exact) mass is 366 g/mol. The summed E-state index contributed by atoms with van der Waals surface area (Å²) < 4.78 is 18.2. The number of nitrogens with zero attached hydrogens (tertiary/aromatic N) is 1. The SMILES string of the molecule is O=C(N[C@H]1CCS[C@H]2CC[C@H](CF)CN2C1=O)OCc1ccccc1. The van der Waals surface area contributed by atoms with E-state index in [1.165, 1.54) is 0 Å². The number of fused-ring (bicyclic) bond motifs is 1. The first-order valence-electron chi connectivity index (χ1n) is 8.62. The fourth-order valence-corrected chi connectivity index (χ4v) is 4.56. The summed E-state index contributed by atoms with van der Waals surface area (Å²) in [7, 11) is 0. The van der Waals surface area contributed by atoms with Crippen molar-refractivity contribution in [2.75, 3.05) is 19.0 Å². The predicted molar refractivity (Wildman–Crippen MR) is 94.8 cm³/mol. The lowest BCUT2D eigenvalue weighted by Gasteiger charge is -2.38. The lowest BCUT2D eigenvalue weighted by molar-refractivity contribution is -0.136. The Hall–Kier alpha value is -1.76. The lowest BCUT2D eigenvalue weighted by Crippen LogP contribution is -2.53. The highest BCUT2D eigenvalue weighted by molar-refractivity contribution is 7.99. The number of thioether (sulfide) groups is 1. The molecule has 7 heteroatoms. The van der Waals surface area contributed by atoms with Crippen LogP contribution in [0.4, 0.5) is 9.18 Å². The van der Waals surface area contributed by atoms with Crippen molar-refractivity contribution < 1.29 is 18.7 Å². The van der Waals surface area contributed by atoms with Crippen LogP contribution in [0, 0.1) is 5.92 Å². The Bertz CT molecular complexity index is 601. The second-order valence-electron chi connectivity index (χ2n) is 6.46. The number of piperidine rings is 1. The molecule has 3 atom stereocenters. The Morgan fingerprint density at radius 1 is 1.28 bits per heavy atom. The molecular weight excluding hydrogens is 343 g/mol. The van der Waals surface area contributed by atoms with Gasteiger partial charge in [-0.3, -0.25) is 9.18 Å². The molecule has 0 aliphatic carbocycles. The molecule has 2 aliphatic rings. The summed E-state index contributed by atoms with van der Waals surface area (Å²) in [6.07, 6.45) is 1.60. The highest BCUT2D eigenvalue weighted by Crippen LogP contribution is 2.33. The van der Waals surface area contributed by atoms with Crippen LogP contribution in [0.15, 0.2) is 30.3 Å². The van der Waals surface area contributed by atoms with E-state index in [-0.39, 0.29) is 23.8 Å². The van der Waals surface area contributed by atoms with Crippen molar-refractivity contribution in [3.05, 3.63) is 35.9 Å². The Labute approximate surface area is 151 Å². The summed E-state index contributed by atoms with van der Waals surface area (Å²) >= 11 is 1.72. The van der Waals surface area contributed by atoms with Crippen LogP contribution in [0.1, 0.15) is 24.8 Å². The van der Waals surface area contributed by atoms with E-state index < -0.39 is 18.8 Å². The van der Waals surface area contributed by atoms with Gasteiger partial charge >= 0.3 is 6.09 Å². The molecule has 3 rings (SSSR count). The van der Waals surface area contributed by atoms with E-state index in [1.807, 2.05) is 30.3 Å². The number of rotatable bonds is 4. The molecule has 2 fully saturated rings. The average molecular weight is 366 g/mol. The maximum atomic E-state index is 13.0. The fraction of sp³-hybridized carbons (Fsp3) is 0.556. The van der Waals surface area contributed by atoms with Gasteiger partial charge in [0.05, 0.1) is 12.0 Å². The second-order valence-corrected chi connectivity index (χ2v) is 7.75. The number of carbonyl (C=O) groups is 2.